The van der Waals surface area contributed by atoms with Gasteiger partial charge in [-0.1, -0.05) is 18.2 Å². The molecular weight excluding hydrogens is 252 g/mol. The maximum Gasteiger partial charge on any atom is 0.258 e. The van der Waals surface area contributed by atoms with E-state index < -0.39 is 0 Å². The minimum atomic E-state index is -0.122. The molecule has 3 N–H and O–H groups in total. The van der Waals surface area contributed by atoms with Crippen molar-refractivity contribution >= 4 is 11.6 Å². The van der Waals surface area contributed by atoms with Gasteiger partial charge in [-0.25, -0.2) is 0 Å². The molecule has 0 spiro atoms. The summed E-state index contributed by atoms with van der Waals surface area (Å²) in [5, 5.41) is 9.42. The number of benzene rings is 2. The van der Waals surface area contributed by atoms with Crippen LogP contribution >= 0.6 is 0 Å². The van der Waals surface area contributed by atoms with Crippen molar-refractivity contribution in [2.24, 2.45) is 5.73 Å². The topological polar surface area (TPSA) is 66.6 Å². The molecule has 104 valence electrons. The number of anilines is 1. The van der Waals surface area contributed by atoms with Crippen molar-refractivity contribution in [1.29, 1.82) is 0 Å². The van der Waals surface area contributed by atoms with Gasteiger partial charge in [0.2, 0.25) is 0 Å². The molecule has 0 radical (unpaired) electrons. The van der Waals surface area contributed by atoms with Crippen LogP contribution in [0.2, 0.25) is 0 Å². The highest BCUT2D eigenvalue weighted by Crippen LogP contribution is 2.23. The van der Waals surface area contributed by atoms with Crippen LogP contribution in [0.25, 0.3) is 0 Å². The fraction of sp³-hybridized carbons (Fsp3) is 0.188. The summed E-state index contributed by atoms with van der Waals surface area (Å²) in [6, 6.07) is 12.3. The normalized spacial score (nSPS) is 10.3. The standard InChI is InChI=1S/C16H18N2O2/c1-11-9-13(19)7-8-14(11)16(20)18(2)15-6-4-3-5-12(15)10-17/h3-9,19H,10,17H2,1-2H3. The summed E-state index contributed by atoms with van der Waals surface area (Å²) < 4.78 is 0. The highest BCUT2D eigenvalue weighted by molar-refractivity contribution is 6.07. The van der Waals surface area contributed by atoms with E-state index >= 15 is 0 Å². The van der Waals surface area contributed by atoms with Gasteiger partial charge in [0.1, 0.15) is 5.75 Å². The maximum atomic E-state index is 12.5. The van der Waals surface area contributed by atoms with Crippen LogP contribution < -0.4 is 10.6 Å². The summed E-state index contributed by atoms with van der Waals surface area (Å²) in [7, 11) is 1.73. The predicted octanol–water partition coefficient (Wildman–Crippen LogP) is 2.44. The number of nitrogens with two attached hydrogens (primary N) is 1. The minimum Gasteiger partial charge on any atom is -0.508 e. The Kier molecular flexibility index (Phi) is 4.05. The van der Waals surface area contributed by atoms with Gasteiger partial charge in [-0.15, -0.1) is 0 Å². The lowest BCUT2D eigenvalue weighted by molar-refractivity contribution is 0.0992. The van der Waals surface area contributed by atoms with E-state index in [0.717, 1.165) is 16.8 Å². The fourth-order valence-electron chi connectivity index (χ4n) is 2.19. The van der Waals surface area contributed by atoms with Gasteiger partial charge < -0.3 is 15.7 Å². The predicted molar refractivity (Wildman–Crippen MR) is 79.9 cm³/mol. The van der Waals surface area contributed by atoms with Crippen molar-refractivity contribution < 1.29 is 9.90 Å². The van der Waals surface area contributed by atoms with E-state index in [9.17, 15) is 9.90 Å². The highest BCUT2D eigenvalue weighted by atomic mass is 16.3. The second kappa shape index (κ2) is 5.75. The highest BCUT2D eigenvalue weighted by Gasteiger charge is 2.17. The number of carbonyl (C=O) groups is 1. The van der Waals surface area contributed by atoms with Crippen LogP contribution in [0.4, 0.5) is 5.69 Å². The van der Waals surface area contributed by atoms with Crippen molar-refractivity contribution in [3.63, 3.8) is 0 Å². The van der Waals surface area contributed by atoms with E-state index in [2.05, 4.69) is 0 Å². The van der Waals surface area contributed by atoms with Gasteiger partial charge in [0.15, 0.2) is 0 Å². The van der Waals surface area contributed by atoms with Crippen LogP contribution in [-0.4, -0.2) is 18.1 Å². The number of carbonyl (C=O) groups excluding carboxylic acids is 1. The number of phenols is 1. The number of hydrogen-bond acceptors (Lipinski definition) is 3. The molecule has 0 saturated heterocycles. The molecule has 2 rings (SSSR count). The number of aromatic hydroxyl groups is 1. The number of nitrogens with zero attached hydrogens (tertiary/aromatic N) is 1. The molecule has 1 amide bonds. The zero-order chi connectivity index (χ0) is 14.7. The number of rotatable bonds is 3. The molecule has 2 aromatic rings. The molecule has 0 aliphatic rings. The summed E-state index contributed by atoms with van der Waals surface area (Å²) in [6.07, 6.45) is 0. The average molecular weight is 270 g/mol. The van der Waals surface area contributed by atoms with Crippen LogP contribution in [0, 0.1) is 6.92 Å². The minimum absolute atomic E-state index is 0.122. The Morgan fingerprint density at radius 1 is 1.25 bits per heavy atom. The van der Waals surface area contributed by atoms with Crippen molar-refractivity contribution in [3.05, 3.63) is 59.2 Å². The Morgan fingerprint density at radius 3 is 2.60 bits per heavy atom. The zero-order valence-electron chi connectivity index (χ0n) is 11.6. The molecule has 0 heterocycles. The van der Waals surface area contributed by atoms with Crippen molar-refractivity contribution in [1.82, 2.24) is 0 Å². The molecule has 0 bridgehead atoms. The fourth-order valence-corrected chi connectivity index (χ4v) is 2.19. The number of amides is 1. The molecule has 0 saturated carbocycles. The molecule has 0 aliphatic heterocycles. The Labute approximate surface area is 118 Å². The van der Waals surface area contributed by atoms with Gasteiger partial charge in [0.05, 0.1) is 0 Å². The summed E-state index contributed by atoms with van der Waals surface area (Å²) in [4.78, 5) is 14.1. The smallest absolute Gasteiger partial charge is 0.258 e. The number of aryl methyl sites for hydroxylation is 1. The van der Waals surface area contributed by atoms with Crippen LogP contribution in [0.15, 0.2) is 42.5 Å². The third-order valence-electron chi connectivity index (χ3n) is 3.32. The molecule has 0 aromatic heterocycles. The van der Waals surface area contributed by atoms with E-state index in [4.69, 9.17) is 5.73 Å². The van der Waals surface area contributed by atoms with E-state index in [1.54, 1.807) is 31.0 Å². The molecule has 20 heavy (non-hydrogen) atoms. The Bertz CT molecular complexity index is 638. The first-order valence-corrected chi connectivity index (χ1v) is 6.40. The molecule has 4 heteroatoms. The van der Waals surface area contributed by atoms with Gasteiger partial charge in [-0.3, -0.25) is 4.79 Å². The number of phenolic OH excluding ortho intramolecular Hbond substituents is 1. The molecule has 4 nitrogen and oxygen atoms in total. The van der Waals surface area contributed by atoms with Crippen molar-refractivity contribution in [2.45, 2.75) is 13.5 Å². The van der Waals surface area contributed by atoms with E-state index in [1.807, 2.05) is 24.3 Å². The zero-order valence-corrected chi connectivity index (χ0v) is 11.6. The molecular formula is C16H18N2O2. The van der Waals surface area contributed by atoms with Gasteiger partial charge >= 0.3 is 0 Å². The summed E-state index contributed by atoms with van der Waals surface area (Å²) in [6.45, 7) is 2.18. The Hall–Kier alpha value is -2.33. The van der Waals surface area contributed by atoms with Crippen LogP contribution in [0.5, 0.6) is 5.75 Å². The summed E-state index contributed by atoms with van der Waals surface area (Å²) >= 11 is 0. The maximum absolute atomic E-state index is 12.5. The first kappa shape index (κ1) is 14.1. The number of hydrogen-bond donors (Lipinski definition) is 2. The SMILES string of the molecule is Cc1cc(O)ccc1C(=O)N(C)c1ccccc1CN. The van der Waals surface area contributed by atoms with Gasteiger partial charge in [-0.2, -0.15) is 0 Å². The third kappa shape index (κ3) is 2.65. The first-order valence-electron chi connectivity index (χ1n) is 6.40. The Morgan fingerprint density at radius 2 is 1.95 bits per heavy atom. The average Bonchev–Trinajstić information content (AvgIpc) is 2.45. The lowest BCUT2D eigenvalue weighted by Crippen LogP contribution is -2.28. The third-order valence-corrected chi connectivity index (χ3v) is 3.32. The summed E-state index contributed by atoms with van der Waals surface area (Å²) in [5.41, 5.74) is 8.73. The van der Waals surface area contributed by atoms with E-state index in [0.29, 0.717) is 12.1 Å². The first-order chi connectivity index (χ1) is 9.54. The van der Waals surface area contributed by atoms with Gasteiger partial charge in [-0.05, 0) is 42.3 Å². The Balaban J connectivity index is 2.37. The lowest BCUT2D eigenvalue weighted by Gasteiger charge is -2.21. The quantitative estimate of drug-likeness (QED) is 0.900. The molecule has 0 aliphatic carbocycles. The molecule has 2 aromatic carbocycles. The van der Waals surface area contributed by atoms with Crippen molar-refractivity contribution in [3.8, 4) is 5.75 Å². The van der Waals surface area contributed by atoms with Crippen LogP contribution in [-0.2, 0) is 6.54 Å². The van der Waals surface area contributed by atoms with E-state index in [1.165, 1.54) is 6.07 Å². The van der Waals surface area contributed by atoms with Gasteiger partial charge in [0, 0.05) is 24.8 Å². The summed E-state index contributed by atoms with van der Waals surface area (Å²) in [5.74, 6) is 0.0347. The van der Waals surface area contributed by atoms with Gasteiger partial charge in [0.25, 0.3) is 5.91 Å². The molecule has 0 fully saturated rings. The monoisotopic (exact) mass is 270 g/mol. The second-order valence-corrected chi connectivity index (χ2v) is 4.70. The van der Waals surface area contributed by atoms with E-state index in [-0.39, 0.29) is 11.7 Å². The largest absolute Gasteiger partial charge is 0.508 e. The number of para-hydroxylation sites is 1. The molecule has 0 unspecified atom stereocenters. The van der Waals surface area contributed by atoms with Crippen LogP contribution in [0.3, 0.4) is 0 Å². The second-order valence-electron chi connectivity index (χ2n) is 4.70. The molecule has 0 atom stereocenters. The van der Waals surface area contributed by atoms with Crippen LogP contribution in [0.1, 0.15) is 21.5 Å². The van der Waals surface area contributed by atoms with Crippen molar-refractivity contribution in [2.75, 3.05) is 11.9 Å². The lowest BCUT2D eigenvalue weighted by atomic mass is 10.1.